The van der Waals surface area contributed by atoms with Crippen molar-refractivity contribution in [3.05, 3.63) is 30.0 Å². The first-order valence-electron chi connectivity index (χ1n) is 6.13. The van der Waals surface area contributed by atoms with Crippen molar-refractivity contribution in [2.24, 2.45) is 0 Å². The fraction of sp³-hybridized carbons (Fsp3) is 0.357. The molecular weight excluding hydrogens is 230 g/mol. The van der Waals surface area contributed by atoms with Crippen molar-refractivity contribution in [2.75, 3.05) is 13.2 Å². The lowest BCUT2D eigenvalue weighted by Crippen LogP contribution is -2.06. The molecule has 0 saturated carbocycles. The number of hydrogen-bond acceptors (Lipinski definition) is 3. The Hall–Kier alpha value is -1.97. The highest BCUT2D eigenvalue weighted by Crippen LogP contribution is 2.24. The normalized spacial score (nSPS) is 10.6. The van der Waals surface area contributed by atoms with Crippen molar-refractivity contribution >= 4 is 16.9 Å². The Bertz CT molecular complexity index is 545. The molecule has 2 aromatic rings. The van der Waals surface area contributed by atoms with Crippen LogP contribution in [0.4, 0.5) is 0 Å². The number of hydrogen-bond donors (Lipinski definition) is 1. The summed E-state index contributed by atoms with van der Waals surface area (Å²) in [6, 6.07) is 5.81. The van der Waals surface area contributed by atoms with E-state index in [9.17, 15) is 4.79 Å². The predicted molar refractivity (Wildman–Crippen MR) is 69.8 cm³/mol. The van der Waals surface area contributed by atoms with Gasteiger partial charge in [0.15, 0.2) is 0 Å². The summed E-state index contributed by atoms with van der Waals surface area (Å²) in [6.07, 6.45) is 2.13. The second-order valence-electron chi connectivity index (χ2n) is 3.94. The zero-order valence-electron chi connectivity index (χ0n) is 10.7. The molecule has 96 valence electrons. The van der Waals surface area contributed by atoms with Gasteiger partial charge in [-0.3, -0.25) is 4.79 Å². The molecule has 4 heteroatoms. The molecule has 0 atom stereocenters. The van der Waals surface area contributed by atoms with E-state index in [1.165, 1.54) is 0 Å². The third-order valence-corrected chi connectivity index (χ3v) is 2.69. The molecule has 2 rings (SSSR count). The fourth-order valence-electron chi connectivity index (χ4n) is 1.93. The van der Waals surface area contributed by atoms with E-state index in [0.29, 0.717) is 13.2 Å². The van der Waals surface area contributed by atoms with Gasteiger partial charge in [0.05, 0.1) is 19.6 Å². The maximum absolute atomic E-state index is 11.5. The van der Waals surface area contributed by atoms with E-state index < -0.39 is 0 Å². The molecule has 0 spiro atoms. The highest BCUT2D eigenvalue weighted by Gasteiger charge is 2.10. The average Bonchev–Trinajstić information content (AvgIpc) is 2.73. The van der Waals surface area contributed by atoms with Gasteiger partial charge in [0.1, 0.15) is 5.75 Å². The number of H-pyrrole nitrogens is 1. The molecule has 0 bridgehead atoms. The van der Waals surface area contributed by atoms with Crippen LogP contribution in [-0.4, -0.2) is 24.2 Å². The minimum atomic E-state index is -0.208. The van der Waals surface area contributed by atoms with Crippen molar-refractivity contribution in [1.82, 2.24) is 4.98 Å². The first-order valence-corrected chi connectivity index (χ1v) is 6.13. The Kier molecular flexibility index (Phi) is 3.87. The van der Waals surface area contributed by atoms with Crippen LogP contribution in [0, 0.1) is 0 Å². The predicted octanol–water partition coefficient (Wildman–Crippen LogP) is 2.67. The maximum atomic E-state index is 11.5. The van der Waals surface area contributed by atoms with E-state index in [1.54, 1.807) is 6.92 Å². The Morgan fingerprint density at radius 1 is 1.28 bits per heavy atom. The van der Waals surface area contributed by atoms with E-state index in [-0.39, 0.29) is 12.4 Å². The molecule has 1 aromatic carbocycles. The maximum Gasteiger partial charge on any atom is 0.310 e. The van der Waals surface area contributed by atoms with Gasteiger partial charge in [-0.15, -0.1) is 0 Å². The fourth-order valence-corrected chi connectivity index (χ4v) is 1.93. The zero-order valence-corrected chi connectivity index (χ0v) is 10.7. The Morgan fingerprint density at radius 2 is 2.11 bits per heavy atom. The average molecular weight is 247 g/mol. The Morgan fingerprint density at radius 3 is 2.83 bits per heavy atom. The third kappa shape index (κ3) is 2.64. The van der Waals surface area contributed by atoms with Crippen LogP contribution in [-0.2, 0) is 16.0 Å². The molecule has 0 radical (unpaired) electrons. The summed E-state index contributed by atoms with van der Waals surface area (Å²) in [7, 11) is 0. The van der Waals surface area contributed by atoms with Crippen molar-refractivity contribution in [3.8, 4) is 5.75 Å². The number of benzene rings is 1. The van der Waals surface area contributed by atoms with Crippen LogP contribution in [0.5, 0.6) is 5.75 Å². The molecule has 0 aliphatic heterocycles. The van der Waals surface area contributed by atoms with Crippen LogP contribution >= 0.6 is 0 Å². The summed E-state index contributed by atoms with van der Waals surface area (Å²) in [5.74, 6) is 0.606. The second kappa shape index (κ2) is 5.58. The van der Waals surface area contributed by atoms with Gasteiger partial charge < -0.3 is 14.5 Å². The number of rotatable bonds is 5. The van der Waals surface area contributed by atoms with Crippen molar-refractivity contribution in [3.63, 3.8) is 0 Å². The van der Waals surface area contributed by atoms with Crippen LogP contribution in [0.15, 0.2) is 24.4 Å². The molecule has 4 nitrogen and oxygen atoms in total. The quantitative estimate of drug-likeness (QED) is 0.826. The van der Waals surface area contributed by atoms with E-state index in [0.717, 1.165) is 22.2 Å². The van der Waals surface area contributed by atoms with Crippen LogP contribution in [0.25, 0.3) is 10.9 Å². The summed E-state index contributed by atoms with van der Waals surface area (Å²) in [5.41, 5.74) is 1.93. The second-order valence-corrected chi connectivity index (χ2v) is 3.94. The summed E-state index contributed by atoms with van der Waals surface area (Å²) >= 11 is 0. The number of aromatic nitrogens is 1. The van der Waals surface area contributed by atoms with Crippen LogP contribution < -0.4 is 4.74 Å². The first-order chi connectivity index (χ1) is 8.74. The van der Waals surface area contributed by atoms with Gasteiger partial charge in [0, 0.05) is 17.1 Å². The first kappa shape index (κ1) is 12.5. The molecule has 1 aromatic heterocycles. The summed E-state index contributed by atoms with van der Waals surface area (Å²) in [6.45, 7) is 4.79. The lowest BCUT2D eigenvalue weighted by atomic mass is 10.1. The van der Waals surface area contributed by atoms with E-state index in [2.05, 4.69) is 4.98 Å². The molecular formula is C14H17NO3. The number of aromatic amines is 1. The van der Waals surface area contributed by atoms with Crippen molar-refractivity contribution in [1.29, 1.82) is 0 Å². The number of nitrogens with one attached hydrogen (secondary N) is 1. The Balaban J connectivity index is 2.27. The summed E-state index contributed by atoms with van der Waals surface area (Å²) in [5, 5.41) is 1.01. The molecule has 1 heterocycles. The van der Waals surface area contributed by atoms with Gasteiger partial charge in [-0.1, -0.05) is 0 Å². The lowest BCUT2D eigenvalue weighted by Gasteiger charge is -2.04. The highest BCUT2D eigenvalue weighted by molar-refractivity contribution is 5.88. The molecule has 1 N–H and O–H groups in total. The smallest absolute Gasteiger partial charge is 0.310 e. The summed E-state index contributed by atoms with van der Waals surface area (Å²) in [4.78, 5) is 14.6. The molecule has 0 fully saturated rings. The van der Waals surface area contributed by atoms with Gasteiger partial charge in [-0.05, 0) is 37.6 Å². The molecule has 18 heavy (non-hydrogen) atoms. The summed E-state index contributed by atoms with van der Waals surface area (Å²) < 4.78 is 10.4. The largest absolute Gasteiger partial charge is 0.494 e. The number of fused-ring (bicyclic) bond motifs is 1. The molecule has 0 amide bonds. The van der Waals surface area contributed by atoms with Crippen LogP contribution in [0.3, 0.4) is 0 Å². The molecule has 0 aliphatic rings. The third-order valence-electron chi connectivity index (χ3n) is 2.69. The lowest BCUT2D eigenvalue weighted by molar-refractivity contribution is -0.142. The minimum Gasteiger partial charge on any atom is -0.494 e. The van der Waals surface area contributed by atoms with E-state index in [4.69, 9.17) is 9.47 Å². The van der Waals surface area contributed by atoms with Crippen LogP contribution in [0.1, 0.15) is 19.4 Å². The number of ether oxygens (including phenoxy) is 2. The van der Waals surface area contributed by atoms with Crippen molar-refractivity contribution in [2.45, 2.75) is 20.3 Å². The van der Waals surface area contributed by atoms with E-state index in [1.807, 2.05) is 31.3 Å². The van der Waals surface area contributed by atoms with Gasteiger partial charge in [0.2, 0.25) is 0 Å². The topological polar surface area (TPSA) is 51.3 Å². The molecule has 0 aliphatic carbocycles. The van der Waals surface area contributed by atoms with Crippen LogP contribution in [0.2, 0.25) is 0 Å². The molecule has 0 saturated heterocycles. The minimum absolute atomic E-state index is 0.208. The van der Waals surface area contributed by atoms with E-state index >= 15 is 0 Å². The standard InChI is InChI=1S/C14H17NO3/c1-3-17-11-5-6-13-12(8-11)10(9-15-13)7-14(16)18-4-2/h5-6,8-9,15H,3-4,7H2,1-2H3. The van der Waals surface area contributed by atoms with Gasteiger partial charge in [-0.2, -0.15) is 0 Å². The SMILES string of the molecule is CCOC(=O)Cc1c[nH]c2ccc(OCC)cc12. The van der Waals surface area contributed by atoms with Gasteiger partial charge in [0.25, 0.3) is 0 Å². The molecule has 0 unspecified atom stereocenters. The zero-order chi connectivity index (χ0) is 13.0. The highest BCUT2D eigenvalue weighted by atomic mass is 16.5. The monoisotopic (exact) mass is 247 g/mol. The van der Waals surface area contributed by atoms with Gasteiger partial charge in [-0.25, -0.2) is 0 Å². The Labute approximate surface area is 106 Å². The van der Waals surface area contributed by atoms with Gasteiger partial charge >= 0.3 is 5.97 Å². The number of esters is 1. The number of carbonyl (C=O) groups excluding carboxylic acids is 1. The number of carbonyl (C=O) groups is 1. The van der Waals surface area contributed by atoms with Crippen molar-refractivity contribution < 1.29 is 14.3 Å².